The van der Waals surface area contributed by atoms with E-state index in [-0.39, 0.29) is 31.1 Å². The number of benzene rings is 1. The van der Waals surface area contributed by atoms with Crippen LogP contribution in [0, 0.1) is 87.0 Å². The molecule has 0 amide bonds. The van der Waals surface area contributed by atoms with E-state index >= 15 is 0 Å². The second-order valence-corrected chi connectivity index (χ2v) is 12.3. The molecule has 2 aromatic rings. The fourth-order valence-electron chi connectivity index (χ4n) is 4.16. The maximum Gasteiger partial charge on any atom is 0.122 e. The largest absolute Gasteiger partial charge is 0.497 e. The molecule has 0 aliphatic carbocycles. The topological polar surface area (TPSA) is 85.1 Å². The van der Waals surface area contributed by atoms with Crippen LogP contribution in [0.3, 0.4) is 0 Å². The van der Waals surface area contributed by atoms with Crippen LogP contribution in [-0.4, -0.2) is 56.1 Å². The number of nitrogens with zero attached hydrogens (tertiary/aromatic N) is 2. The van der Waals surface area contributed by atoms with Crippen molar-refractivity contribution in [1.82, 2.24) is 15.2 Å². The summed E-state index contributed by atoms with van der Waals surface area (Å²) in [4.78, 5) is 6.45. The van der Waals surface area contributed by atoms with E-state index in [1.807, 2.05) is 32.9 Å². The minimum atomic E-state index is 0. The van der Waals surface area contributed by atoms with Gasteiger partial charge in [0.1, 0.15) is 5.75 Å². The third-order valence-electron chi connectivity index (χ3n) is 7.37. The first-order valence-electron chi connectivity index (χ1n) is 17.1. The Hall–Kier alpha value is -2.90. The summed E-state index contributed by atoms with van der Waals surface area (Å²) in [5.74, 6) is 7.67. The summed E-state index contributed by atoms with van der Waals surface area (Å²) in [6, 6.07) is 6.29. The zero-order chi connectivity index (χ0) is 37.1. The summed E-state index contributed by atoms with van der Waals surface area (Å²) in [6.07, 6.45) is 14.2. The maximum absolute atomic E-state index is 7.59. The van der Waals surface area contributed by atoms with E-state index in [0.29, 0.717) is 11.6 Å². The number of nitrogens with one attached hydrogen (secondary N) is 3. The normalized spacial score (nSPS) is 10.2. The van der Waals surface area contributed by atoms with Gasteiger partial charge in [0.25, 0.3) is 0 Å². The fraction of sp³-hybridized carbons (Fsp3) is 0.500. The van der Waals surface area contributed by atoms with Crippen LogP contribution in [0.15, 0.2) is 48.3 Å². The minimum absolute atomic E-state index is 0. The van der Waals surface area contributed by atoms with E-state index in [4.69, 9.17) is 22.1 Å². The number of aryl methyl sites for hydroxylation is 4. The smallest absolute Gasteiger partial charge is 0.122 e. The Morgan fingerprint density at radius 3 is 2.14 bits per heavy atom. The van der Waals surface area contributed by atoms with Crippen molar-refractivity contribution in [1.29, 1.82) is 10.8 Å². The van der Waals surface area contributed by atoms with Crippen LogP contribution < -0.4 is 10.1 Å². The molecule has 49 heavy (non-hydrogen) atoms. The molecule has 0 spiro atoms. The minimum Gasteiger partial charge on any atom is -0.497 e. The Labute approximate surface area is 325 Å². The van der Waals surface area contributed by atoms with Gasteiger partial charge in [-0.15, -0.1) is 0 Å². The SMILES string of the molecule is CC(=N)c1cnc(C(C=N)=C(C)C)cc1C.CCC#C/C=C\C(C)CC.CCCc1cc(C)c(C)cc1OC.[CH-]=CNCCCN(C)C.[U]. The number of hydrogen-bond acceptors (Lipinski definition) is 6. The van der Waals surface area contributed by atoms with E-state index in [1.165, 1.54) is 41.9 Å². The van der Waals surface area contributed by atoms with Crippen molar-refractivity contribution in [3.05, 3.63) is 88.4 Å². The van der Waals surface area contributed by atoms with Gasteiger partial charge in [-0.2, -0.15) is 6.20 Å². The number of allylic oxidation sites excluding steroid dienone is 4. The van der Waals surface area contributed by atoms with Crippen LogP contribution in [0.5, 0.6) is 5.75 Å². The zero-order valence-electron chi connectivity index (χ0n) is 33.0. The first-order chi connectivity index (χ1) is 22.7. The van der Waals surface area contributed by atoms with E-state index in [1.54, 1.807) is 20.2 Å². The van der Waals surface area contributed by atoms with Crippen molar-refractivity contribution in [2.45, 2.75) is 101 Å². The van der Waals surface area contributed by atoms with Crippen molar-refractivity contribution < 1.29 is 35.9 Å². The number of methoxy groups -OCH3 is 1. The molecule has 3 N–H and O–H groups in total. The molecule has 1 atom stereocenters. The molecule has 0 bridgehead atoms. The van der Waals surface area contributed by atoms with Crippen molar-refractivity contribution in [2.75, 3.05) is 34.3 Å². The van der Waals surface area contributed by atoms with Gasteiger partial charge in [-0.3, -0.25) is 4.98 Å². The predicted molar refractivity (Wildman–Crippen MR) is 212 cm³/mol. The molecule has 1 heterocycles. The second kappa shape index (κ2) is 31.1. The first kappa shape index (κ1) is 50.5. The molecular formula is C42H66N5OU-. The Kier molecular flexibility index (Phi) is 32.0. The molecule has 270 valence electrons. The predicted octanol–water partition coefficient (Wildman–Crippen LogP) is 9.96. The quantitative estimate of drug-likeness (QED) is 0.0810. The third-order valence-corrected chi connectivity index (χ3v) is 7.37. The van der Waals surface area contributed by atoms with Crippen molar-refractivity contribution >= 4 is 17.5 Å². The first-order valence-corrected chi connectivity index (χ1v) is 17.1. The van der Waals surface area contributed by atoms with Crippen molar-refractivity contribution in [3.63, 3.8) is 0 Å². The molecule has 0 aliphatic heterocycles. The molecule has 1 aromatic heterocycles. The molecule has 1 aromatic carbocycles. The molecule has 0 fully saturated rings. The van der Waals surface area contributed by atoms with Gasteiger partial charge < -0.3 is 32.4 Å². The molecule has 0 saturated carbocycles. The van der Waals surface area contributed by atoms with Crippen LogP contribution in [0.1, 0.15) is 108 Å². The average Bonchev–Trinajstić information content (AvgIpc) is 3.04. The number of hydrogen-bond donors (Lipinski definition) is 3. The Balaban J connectivity index is -0.000000587. The zero-order valence-corrected chi connectivity index (χ0v) is 37.2. The average molecular weight is 895 g/mol. The van der Waals surface area contributed by atoms with Gasteiger partial charge in [-0.1, -0.05) is 70.1 Å². The second-order valence-electron chi connectivity index (χ2n) is 12.3. The third kappa shape index (κ3) is 24.0. The molecule has 1 unspecified atom stereocenters. The standard InChI is InChI=1S/C13H17N3.C12H18O.C10H16.C7H15N2.U/c1-8(2)11(6-14)13-5-9(3)12(7-16-13)10(4)15;1-5-6-11-7-9(2)10(3)8-12(11)13-4;1-4-6-7-8-9-10(3)5-2;1-4-8-6-5-7-9(2)3;/h5-7,14-15H,1-4H3;7-8H,5-6H2,1-4H3;8-10H,4-5H2,1-3H3;1,4,8H,5-7H2,2-3H3;/q;;;-1;/b;;9-8-;;. The monoisotopic (exact) mass is 895 g/mol. The van der Waals surface area contributed by atoms with E-state index in [2.05, 4.69) is 101 Å². The van der Waals surface area contributed by atoms with Gasteiger partial charge in [0.15, 0.2) is 0 Å². The molecule has 0 saturated heterocycles. The number of rotatable bonds is 13. The van der Waals surface area contributed by atoms with E-state index in [9.17, 15) is 0 Å². The summed E-state index contributed by atoms with van der Waals surface area (Å²) in [5.41, 5.74) is 9.11. The van der Waals surface area contributed by atoms with Gasteiger partial charge >= 0.3 is 0 Å². The molecule has 6 nitrogen and oxygen atoms in total. The molecule has 0 aliphatic rings. The van der Waals surface area contributed by atoms with Gasteiger partial charge in [0.2, 0.25) is 0 Å². The molecule has 0 radical (unpaired) electrons. The van der Waals surface area contributed by atoms with Crippen LogP contribution >= 0.6 is 0 Å². The van der Waals surface area contributed by atoms with Gasteiger partial charge in [-0.05, 0) is 121 Å². The molecule has 2 rings (SSSR count). The summed E-state index contributed by atoms with van der Waals surface area (Å²) in [7, 11) is 5.86. The Morgan fingerprint density at radius 2 is 1.69 bits per heavy atom. The fourth-order valence-corrected chi connectivity index (χ4v) is 4.16. The summed E-state index contributed by atoms with van der Waals surface area (Å²) >= 11 is 0. The van der Waals surface area contributed by atoms with Crippen LogP contribution in [-0.2, 0) is 6.42 Å². The summed E-state index contributed by atoms with van der Waals surface area (Å²) in [6.45, 7) is 27.7. The number of aromatic nitrogens is 1. The van der Waals surface area contributed by atoms with Gasteiger partial charge in [0, 0.05) is 73.3 Å². The molecule has 7 heteroatoms. The van der Waals surface area contributed by atoms with Gasteiger partial charge in [-0.25, -0.2) is 0 Å². The van der Waals surface area contributed by atoms with Crippen LogP contribution in [0.25, 0.3) is 5.57 Å². The Bertz CT molecular complexity index is 1360. The van der Waals surface area contributed by atoms with Gasteiger partial charge in [0.05, 0.1) is 12.8 Å². The Morgan fingerprint density at radius 1 is 1.06 bits per heavy atom. The van der Waals surface area contributed by atoms with Crippen molar-refractivity contribution in [3.8, 4) is 17.6 Å². The van der Waals surface area contributed by atoms with Crippen LogP contribution in [0.4, 0.5) is 0 Å². The van der Waals surface area contributed by atoms with E-state index in [0.717, 1.165) is 66.1 Å². The van der Waals surface area contributed by atoms with E-state index < -0.39 is 0 Å². The number of ether oxygens (including phenoxy) is 1. The summed E-state index contributed by atoms with van der Waals surface area (Å²) in [5, 5.41) is 17.9. The van der Waals surface area contributed by atoms with Crippen molar-refractivity contribution in [2.24, 2.45) is 5.92 Å². The summed E-state index contributed by atoms with van der Waals surface area (Å²) < 4.78 is 5.33. The van der Waals surface area contributed by atoms with Crippen LogP contribution in [0.2, 0.25) is 0 Å². The maximum atomic E-state index is 7.59. The number of pyridine rings is 1. The molecular weight excluding hydrogens is 829 g/mol.